The number of nitrogen functional groups attached to an aromatic ring is 1. The molecule has 2 rings (SSSR count). The van der Waals surface area contributed by atoms with Crippen molar-refractivity contribution in [2.24, 2.45) is 0 Å². The van der Waals surface area contributed by atoms with Crippen molar-refractivity contribution in [1.82, 2.24) is 9.97 Å². The van der Waals surface area contributed by atoms with Crippen LogP contribution in [0.15, 0.2) is 33.8 Å². The quantitative estimate of drug-likeness (QED) is 0.609. The zero-order chi connectivity index (χ0) is 15.6. The highest BCUT2D eigenvalue weighted by molar-refractivity contribution is 9.10. The first-order valence-corrected chi connectivity index (χ1v) is 8.13. The number of methoxy groups -OCH3 is 1. The van der Waals surface area contributed by atoms with Gasteiger partial charge in [-0.1, -0.05) is 0 Å². The van der Waals surface area contributed by atoms with E-state index in [2.05, 4.69) is 30.6 Å². The number of ether oxygens (including phenoxy) is 1. The van der Waals surface area contributed by atoms with Gasteiger partial charge in [-0.25, -0.2) is 13.4 Å². The van der Waals surface area contributed by atoms with E-state index in [-0.39, 0.29) is 27.4 Å². The number of benzene rings is 1. The SMILES string of the molecule is COc1cc(Br)c(N)cc1S(=O)(=O)Nc1ccnc(Cl)n1. The highest BCUT2D eigenvalue weighted by Crippen LogP contribution is 2.33. The molecule has 10 heteroatoms. The molecule has 7 nitrogen and oxygen atoms in total. The van der Waals surface area contributed by atoms with Crippen LogP contribution in [0.2, 0.25) is 5.28 Å². The van der Waals surface area contributed by atoms with Crippen molar-refractivity contribution in [3.63, 3.8) is 0 Å². The van der Waals surface area contributed by atoms with Gasteiger partial charge in [0.05, 0.1) is 7.11 Å². The first-order chi connectivity index (χ1) is 9.83. The minimum Gasteiger partial charge on any atom is -0.495 e. The Balaban J connectivity index is 2.47. The molecule has 1 aromatic carbocycles. The highest BCUT2D eigenvalue weighted by Gasteiger charge is 2.22. The molecule has 1 aromatic heterocycles. The van der Waals surface area contributed by atoms with E-state index >= 15 is 0 Å². The minimum absolute atomic E-state index is 0.0403. The molecule has 0 bridgehead atoms. The normalized spacial score (nSPS) is 11.2. The summed E-state index contributed by atoms with van der Waals surface area (Å²) in [5.74, 6) is 0.183. The summed E-state index contributed by atoms with van der Waals surface area (Å²) in [5, 5.41) is -0.0718. The number of hydrogen-bond acceptors (Lipinski definition) is 6. The number of sulfonamides is 1. The Labute approximate surface area is 134 Å². The van der Waals surface area contributed by atoms with Crippen LogP contribution in [0.25, 0.3) is 0 Å². The molecule has 1 heterocycles. The lowest BCUT2D eigenvalue weighted by atomic mass is 10.3. The molecule has 0 atom stereocenters. The maximum absolute atomic E-state index is 12.4. The van der Waals surface area contributed by atoms with Crippen molar-refractivity contribution in [3.8, 4) is 5.75 Å². The second-order valence-corrected chi connectivity index (χ2v) is 6.68. The second-order valence-electron chi connectivity index (χ2n) is 3.84. The first kappa shape index (κ1) is 15.8. The van der Waals surface area contributed by atoms with E-state index in [1.807, 2.05) is 0 Å². The van der Waals surface area contributed by atoms with Gasteiger partial charge in [-0.15, -0.1) is 0 Å². The maximum atomic E-state index is 12.4. The largest absolute Gasteiger partial charge is 0.495 e. The van der Waals surface area contributed by atoms with E-state index in [4.69, 9.17) is 22.1 Å². The van der Waals surface area contributed by atoms with Crippen LogP contribution in [0.4, 0.5) is 11.5 Å². The monoisotopic (exact) mass is 392 g/mol. The molecule has 0 unspecified atom stereocenters. The van der Waals surface area contributed by atoms with Gasteiger partial charge in [-0.2, -0.15) is 4.98 Å². The minimum atomic E-state index is -3.94. The van der Waals surface area contributed by atoms with E-state index < -0.39 is 10.0 Å². The molecule has 0 saturated carbocycles. The van der Waals surface area contributed by atoms with Gasteiger partial charge in [0.1, 0.15) is 16.5 Å². The lowest BCUT2D eigenvalue weighted by molar-refractivity contribution is 0.402. The van der Waals surface area contributed by atoms with E-state index in [0.29, 0.717) is 4.47 Å². The lowest BCUT2D eigenvalue weighted by Gasteiger charge is -2.12. The number of anilines is 2. The number of halogens is 2. The van der Waals surface area contributed by atoms with Gasteiger partial charge in [0, 0.05) is 16.4 Å². The predicted molar refractivity (Wildman–Crippen MR) is 83.0 cm³/mol. The molecular weight excluding hydrogens is 384 g/mol. The molecule has 0 amide bonds. The Bertz CT molecular complexity index is 785. The lowest BCUT2D eigenvalue weighted by Crippen LogP contribution is -2.15. The summed E-state index contributed by atoms with van der Waals surface area (Å²) in [7, 11) is -2.58. The van der Waals surface area contributed by atoms with E-state index in [1.165, 1.54) is 31.5 Å². The van der Waals surface area contributed by atoms with E-state index in [9.17, 15) is 8.42 Å². The number of nitrogens with one attached hydrogen (secondary N) is 1. The number of rotatable bonds is 4. The summed E-state index contributed by atoms with van der Waals surface area (Å²) >= 11 is 8.82. The van der Waals surface area contributed by atoms with Crippen LogP contribution in [0, 0.1) is 0 Å². The molecule has 0 fully saturated rings. The van der Waals surface area contributed by atoms with Crippen LogP contribution in [0.5, 0.6) is 5.75 Å². The smallest absolute Gasteiger partial charge is 0.266 e. The maximum Gasteiger partial charge on any atom is 0.266 e. The zero-order valence-corrected chi connectivity index (χ0v) is 13.8. The van der Waals surface area contributed by atoms with Gasteiger partial charge in [-0.05, 0) is 45.7 Å². The van der Waals surface area contributed by atoms with Crippen molar-refractivity contribution >= 4 is 49.1 Å². The van der Waals surface area contributed by atoms with Crippen molar-refractivity contribution in [2.75, 3.05) is 17.6 Å². The fourth-order valence-electron chi connectivity index (χ4n) is 1.50. The molecule has 0 aliphatic heterocycles. The summed E-state index contributed by atoms with van der Waals surface area (Å²) in [6, 6.07) is 4.13. The van der Waals surface area contributed by atoms with Crippen LogP contribution < -0.4 is 15.2 Å². The molecule has 0 radical (unpaired) electrons. The third-order valence-electron chi connectivity index (χ3n) is 2.44. The molecule has 0 aliphatic carbocycles. The first-order valence-electron chi connectivity index (χ1n) is 5.48. The number of nitrogens with two attached hydrogens (primary N) is 1. The van der Waals surface area contributed by atoms with Gasteiger partial charge in [0.15, 0.2) is 0 Å². The van der Waals surface area contributed by atoms with E-state index in [0.717, 1.165) is 0 Å². The summed E-state index contributed by atoms with van der Waals surface area (Å²) in [4.78, 5) is 7.32. The number of aromatic nitrogens is 2. The van der Waals surface area contributed by atoms with Gasteiger partial charge in [-0.3, -0.25) is 4.72 Å². The van der Waals surface area contributed by atoms with Crippen molar-refractivity contribution in [2.45, 2.75) is 4.90 Å². The number of hydrogen-bond donors (Lipinski definition) is 2. The Kier molecular flexibility index (Phi) is 4.55. The molecule has 0 aliphatic rings. The third-order valence-corrected chi connectivity index (χ3v) is 4.68. The second kappa shape index (κ2) is 6.04. The molecule has 3 N–H and O–H groups in total. The molecule has 112 valence electrons. The van der Waals surface area contributed by atoms with Crippen molar-refractivity contribution < 1.29 is 13.2 Å². The standard InChI is InChI=1S/C11H10BrClN4O3S/c1-20-8-4-6(12)7(14)5-9(8)21(18,19)17-10-2-3-15-11(13)16-10/h2-5H,14H2,1H3,(H,15,16,17). The average molecular weight is 394 g/mol. The van der Waals surface area contributed by atoms with Crippen LogP contribution in [-0.2, 0) is 10.0 Å². The Morgan fingerprint density at radius 2 is 2.14 bits per heavy atom. The van der Waals surface area contributed by atoms with Crippen LogP contribution >= 0.6 is 27.5 Å². The zero-order valence-electron chi connectivity index (χ0n) is 10.7. The van der Waals surface area contributed by atoms with Gasteiger partial charge in [0.2, 0.25) is 5.28 Å². The van der Waals surface area contributed by atoms with Crippen molar-refractivity contribution in [3.05, 3.63) is 34.2 Å². The molecule has 0 spiro atoms. The summed E-state index contributed by atoms with van der Waals surface area (Å²) in [5.41, 5.74) is 5.98. The Hall–Kier alpha value is -1.58. The fraction of sp³-hybridized carbons (Fsp3) is 0.0909. The van der Waals surface area contributed by atoms with Crippen molar-refractivity contribution in [1.29, 1.82) is 0 Å². The molecule has 2 aromatic rings. The topological polar surface area (TPSA) is 107 Å². The van der Waals surface area contributed by atoms with Gasteiger partial charge >= 0.3 is 0 Å². The average Bonchev–Trinajstić information content (AvgIpc) is 2.40. The van der Waals surface area contributed by atoms with Crippen LogP contribution in [0.1, 0.15) is 0 Å². The highest BCUT2D eigenvalue weighted by atomic mass is 79.9. The van der Waals surface area contributed by atoms with E-state index in [1.54, 1.807) is 0 Å². The number of nitrogens with zero attached hydrogens (tertiary/aromatic N) is 2. The Morgan fingerprint density at radius 1 is 1.43 bits per heavy atom. The summed E-state index contributed by atoms with van der Waals surface area (Å²) in [6.45, 7) is 0. The molecular formula is C11H10BrClN4O3S. The predicted octanol–water partition coefficient (Wildman–Crippen LogP) is 2.28. The summed E-state index contributed by atoms with van der Waals surface area (Å²) < 4.78 is 32.7. The van der Waals surface area contributed by atoms with Crippen LogP contribution in [0.3, 0.4) is 0 Å². The Morgan fingerprint density at radius 3 is 2.76 bits per heavy atom. The molecule has 21 heavy (non-hydrogen) atoms. The fourth-order valence-corrected chi connectivity index (χ4v) is 3.16. The van der Waals surface area contributed by atoms with Crippen LogP contribution in [-0.4, -0.2) is 25.5 Å². The van der Waals surface area contributed by atoms with Gasteiger partial charge < -0.3 is 10.5 Å². The van der Waals surface area contributed by atoms with Gasteiger partial charge in [0.25, 0.3) is 10.0 Å². The third kappa shape index (κ3) is 3.55. The molecule has 0 saturated heterocycles. The summed E-state index contributed by atoms with van der Waals surface area (Å²) in [6.07, 6.45) is 1.33.